The zero-order valence-electron chi connectivity index (χ0n) is 7.52. The van der Waals surface area contributed by atoms with Crippen molar-refractivity contribution in [2.75, 3.05) is 18.8 Å². The zero-order chi connectivity index (χ0) is 7.61. The molecule has 0 aliphatic heterocycles. The number of hydrogen-bond acceptors (Lipinski definition) is 0. The summed E-state index contributed by atoms with van der Waals surface area (Å²) in [5.41, 5.74) is 0. The van der Waals surface area contributed by atoms with Gasteiger partial charge >= 0.3 is 0 Å². The van der Waals surface area contributed by atoms with Crippen LogP contribution >= 0.6 is 10.0 Å². The Kier molecular flexibility index (Phi) is 2.67. The van der Waals surface area contributed by atoms with Gasteiger partial charge in [0.15, 0.2) is 0 Å². The van der Waals surface area contributed by atoms with Gasteiger partial charge < -0.3 is 0 Å². The third kappa shape index (κ3) is 2.19. The van der Waals surface area contributed by atoms with Crippen LogP contribution in [0.3, 0.4) is 0 Å². The standard InChI is InChI=1S/C9H20S/c1-10(2,3)9-7-5-4-6-8-9/h9H,4-8H2,1-3H3. The lowest BCUT2D eigenvalue weighted by molar-refractivity contribution is 0.513. The SMILES string of the molecule is CS(C)(C)C1CCCCC1. The molecule has 1 heteroatoms. The Balaban J connectivity index is 2.39. The first-order valence-corrected chi connectivity index (χ1v) is 7.20. The molecule has 62 valence electrons. The second-order valence-electron chi connectivity index (χ2n) is 4.19. The van der Waals surface area contributed by atoms with Gasteiger partial charge in [0, 0.05) is 0 Å². The summed E-state index contributed by atoms with van der Waals surface area (Å²) in [5, 5.41) is 1.08. The molecule has 0 bridgehead atoms. The predicted molar refractivity (Wildman–Crippen MR) is 52.2 cm³/mol. The Bertz CT molecular complexity index is 95.8. The molecule has 1 rings (SSSR count). The number of hydrogen-bond donors (Lipinski definition) is 0. The van der Waals surface area contributed by atoms with E-state index in [2.05, 4.69) is 18.8 Å². The molecule has 0 N–H and O–H groups in total. The average Bonchev–Trinajstić information content (AvgIpc) is 1.88. The molecule has 0 saturated heterocycles. The van der Waals surface area contributed by atoms with Crippen LogP contribution in [0.5, 0.6) is 0 Å². The molecule has 10 heavy (non-hydrogen) atoms. The van der Waals surface area contributed by atoms with Gasteiger partial charge in [0.25, 0.3) is 0 Å². The molecule has 1 fully saturated rings. The minimum Gasteiger partial charge on any atom is -0.247 e. The Morgan fingerprint density at radius 1 is 0.900 bits per heavy atom. The molecule has 0 aromatic carbocycles. The smallest absolute Gasteiger partial charge is 0.0119 e. The van der Waals surface area contributed by atoms with E-state index in [1.165, 1.54) is 32.1 Å². The van der Waals surface area contributed by atoms with E-state index >= 15 is 0 Å². The Hall–Kier alpha value is 0.350. The fourth-order valence-electron chi connectivity index (χ4n) is 1.77. The van der Waals surface area contributed by atoms with Gasteiger partial charge in [-0.2, -0.15) is 0 Å². The van der Waals surface area contributed by atoms with Gasteiger partial charge in [0.1, 0.15) is 0 Å². The maximum Gasteiger partial charge on any atom is -0.0119 e. The second kappa shape index (κ2) is 3.17. The van der Waals surface area contributed by atoms with E-state index in [1.807, 2.05) is 0 Å². The van der Waals surface area contributed by atoms with Crippen molar-refractivity contribution >= 4 is 10.0 Å². The summed E-state index contributed by atoms with van der Waals surface area (Å²) in [4.78, 5) is 0. The maximum absolute atomic E-state index is 2.46. The van der Waals surface area contributed by atoms with Crippen molar-refractivity contribution in [3.05, 3.63) is 0 Å². The second-order valence-corrected chi connectivity index (χ2v) is 8.72. The average molecular weight is 160 g/mol. The van der Waals surface area contributed by atoms with E-state index in [0.29, 0.717) is 0 Å². The fourth-order valence-corrected chi connectivity index (χ4v) is 3.52. The van der Waals surface area contributed by atoms with Gasteiger partial charge in [0.05, 0.1) is 0 Å². The van der Waals surface area contributed by atoms with E-state index in [1.54, 1.807) is 0 Å². The Morgan fingerprint density at radius 3 is 1.70 bits per heavy atom. The molecule has 0 unspecified atom stereocenters. The van der Waals surface area contributed by atoms with Crippen molar-refractivity contribution in [3.63, 3.8) is 0 Å². The summed E-state index contributed by atoms with van der Waals surface area (Å²) in [5.74, 6) is 0. The van der Waals surface area contributed by atoms with Gasteiger partial charge in [-0.25, -0.2) is 10.0 Å². The first-order valence-electron chi connectivity index (χ1n) is 4.28. The molecule has 0 spiro atoms. The van der Waals surface area contributed by atoms with Crippen LogP contribution in [-0.2, 0) is 0 Å². The molecule has 0 amide bonds. The maximum atomic E-state index is 2.46. The van der Waals surface area contributed by atoms with Crippen molar-refractivity contribution in [2.45, 2.75) is 37.4 Å². The van der Waals surface area contributed by atoms with E-state index < -0.39 is 0 Å². The van der Waals surface area contributed by atoms with E-state index in [9.17, 15) is 0 Å². The van der Waals surface area contributed by atoms with Crippen molar-refractivity contribution in [1.82, 2.24) is 0 Å². The molecule has 0 heterocycles. The molecule has 0 aromatic heterocycles. The highest BCUT2D eigenvalue weighted by Crippen LogP contribution is 2.47. The van der Waals surface area contributed by atoms with Crippen LogP contribution in [0.2, 0.25) is 0 Å². The lowest BCUT2D eigenvalue weighted by Crippen LogP contribution is -2.18. The van der Waals surface area contributed by atoms with E-state index in [0.717, 1.165) is 5.25 Å². The van der Waals surface area contributed by atoms with Crippen LogP contribution in [0, 0.1) is 0 Å². The van der Waals surface area contributed by atoms with Gasteiger partial charge in [-0.3, -0.25) is 0 Å². The van der Waals surface area contributed by atoms with Gasteiger partial charge in [-0.1, -0.05) is 19.3 Å². The Labute approximate surface area is 66.7 Å². The topological polar surface area (TPSA) is 0 Å². The predicted octanol–water partition coefficient (Wildman–Crippen LogP) is 3.01. The first-order chi connectivity index (χ1) is 4.61. The van der Waals surface area contributed by atoms with Crippen LogP contribution < -0.4 is 0 Å². The van der Waals surface area contributed by atoms with Crippen molar-refractivity contribution < 1.29 is 0 Å². The van der Waals surface area contributed by atoms with Gasteiger partial charge in [-0.05, 0) is 36.9 Å². The highest BCUT2D eigenvalue weighted by molar-refractivity contribution is 8.32. The third-order valence-electron chi connectivity index (χ3n) is 2.55. The van der Waals surface area contributed by atoms with Crippen molar-refractivity contribution in [1.29, 1.82) is 0 Å². The van der Waals surface area contributed by atoms with Gasteiger partial charge in [-0.15, -0.1) is 0 Å². The molecule has 1 aliphatic rings. The summed E-state index contributed by atoms with van der Waals surface area (Å²) >= 11 is 0. The molecular weight excluding hydrogens is 140 g/mol. The van der Waals surface area contributed by atoms with Gasteiger partial charge in [0.2, 0.25) is 0 Å². The molecule has 0 nitrogen and oxygen atoms in total. The lowest BCUT2D eigenvalue weighted by atomic mass is 10.0. The normalized spacial score (nSPS) is 24.7. The fraction of sp³-hybridized carbons (Fsp3) is 1.00. The molecule has 0 atom stereocenters. The summed E-state index contributed by atoms with van der Waals surface area (Å²) in [6, 6.07) is 0. The van der Waals surface area contributed by atoms with E-state index in [4.69, 9.17) is 0 Å². The summed E-state index contributed by atoms with van der Waals surface area (Å²) in [6.45, 7) is 0. The van der Waals surface area contributed by atoms with Crippen LogP contribution in [0.15, 0.2) is 0 Å². The Morgan fingerprint density at radius 2 is 1.40 bits per heavy atom. The minimum absolute atomic E-state index is 0.226. The minimum atomic E-state index is -0.226. The van der Waals surface area contributed by atoms with Crippen LogP contribution in [0.1, 0.15) is 32.1 Å². The molecule has 1 saturated carbocycles. The highest BCUT2D eigenvalue weighted by atomic mass is 32.3. The molecule has 0 aromatic rings. The van der Waals surface area contributed by atoms with E-state index in [-0.39, 0.29) is 10.0 Å². The number of rotatable bonds is 1. The van der Waals surface area contributed by atoms with Crippen molar-refractivity contribution in [3.8, 4) is 0 Å². The molecule has 0 radical (unpaired) electrons. The monoisotopic (exact) mass is 160 g/mol. The molecular formula is C9H20S. The van der Waals surface area contributed by atoms with Crippen LogP contribution in [-0.4, -0.2) is 24.0 Å². The van der Waals surface area contributed by atoms with Crippen molar-refractivity contribution in [2.24, 2.45) is 0 Å². The summed E-state index contributed by atoms with van der Waals surface area (Å²) in [7, 11) is -0.226. The quantitative estimate of drug-likeness (QED) is 0.553. The van der Waals surface area contributed by atoms with Crippen LogP contribution in [0.4, 0.5) is 0 Å². The first kappa shape index (κ1) is 8.45. The largest absolute Gasteiger partial charge is 0.247 e. The zero-order valence-corrected chi connectivity index (χ0v) is 8.34. The molecule has 1 aliphatic carbocycles. The summed E-state index contributed by atoms with van der Waals surface area (Å²) in [6.07, 6.45) is 14.9. The lowest BCUT2D eigenvalue weighted by Gasteiger charge is -2.38. The third-order valence-corrected chi connectivity index (χ3v) is 5.02. The van der Waals surface area contributed by atoms with Crippen LogP contribution in [0.25, 0.3) is 0 Å². The highest BCUT2D eigenvalue weighted by Gasteiger charge is 2.21. The summed E-state index contributed by atoms with van der Waals surface area (Å²) < 4.78 is 0.